The molecule has 15 heavy (non-hydrogen) atoms. The van der Waals surface area contributed by atoms with Gasteiger partial charge in [-0.3, -0.25) is 4.79 Å². The Labute approximate surface area is 93.4 Å². The average molecular weight is 212 g/mol. The van der Waals surface area contributed by atoms with Crippen molar-refractivity contribution in [2.24, 2.45) is 5.92 Å². The van der Waals surface area contributed by atoms with Crippen LogP contribution in [0.3, 0.4) is 0 Å². The van der Waals surface area contributed by atoms with Gasteiger partial charge in [0.15, 0.2) is 0 Å². The van der Waals surface area contributed by atoms with E-state index in [1.807, 2.05) is 6.92 Å². The lowest BCUT2D eigenvalue weighted by atomic mass is 10.1. The molecular weight excluding hydrogens is 188 g/mol. The van der Waals surface area contributed by atoms with Crippen LogP contribution < -0.4 is 0 Å². The molecule has 2 heteroatoms. The predicted molar refractivity (Wildman–Crippen MR) is 61.7 cm³/mol. The molecule has 0 atom stereocenters. The Morgan fingerprint density at radius 3 is 2.47 bits per heavy atom. The molecule has 0 heterocycles. The number of hydrogen-bond donors (Lipinski definition) is 0. The van der Waals surface area contributed by atoms with Crippen molar-refractivity contribution in [1.29, 1.82) is 0 Å². The van der Waals surface area contributed by atoms with E-state index in [1.165, 1.54) is 44.9 Å². The van der Waals surface area contributed by atoms with Crippen LogP contribution >= 0.6 is 0 Å². The summed E-state index contributed by atoms with van der Waals surface area (Å²) in [6.07, 6.45) is 11.2. The van der Waals surface area contributed by atoms with Crippen LogP contribution in [0, 0.1) is 5.92 Å². The van der Waals surface area contributed by atoms with Crippen LogP contribution in [-0.4, -0.2) is 12.6 Å². The third-order valence-corrected chi connectivity index (χ3v) is 3.00. The zero-order valence-electron chi connectivity index (χ0n) is 9.96. The maximum atomic E-state index is 11.0. The van der Waals surface area contributed by atoms with Crippen LogP contribution in [-0.2, 0) is 9.53 Å². The second kappa shape index (κ2) is 7.72. The highest BCUT2D eigenvalue weighted by molar-refractivity contribution is 5.69. The molecule has 0 radical (unpaired) electrons. The van der Waals surface area contributed by atoms with Crippen LogP contribution in [0.25, 0.3) is 0 Å². The van der Waals surface area contributed by atoms with Crippen LogP contribution in [0.1, 0.15) is 64.7 Å². The smallest absolute Gasteiger partial charge is 0.305 e. The van der Waals surface area contributed by atoms with Crippen molar-refractivity contribution < 1.29 is 9.53 Å². The molecule has 1 aliphatic rings. The molecule has 0 saturated heterocycles. The summed E-state index contributed by atoms with van der Waals surface area (Å²) in [6, 6.07) is 0. The first-order valence-corrected chi connectivity index (χ1v) is 6.48. The third-order valence-electron chi connectivity index (χ3n) is 3.00. The summed E-state index contributed by atoms with van der Waals surface area (Å²) in [6.45, 7) is 2.37. The van der Waals surface area contributed by atoms with E-state index in [0.29, 0.717) is 13.0 Å². The number of ether oxygens (including phenoxy) is 1. The number of hydrogen-bond acceptors (Lipinski definition) is 2. The Kier molecular flexibility index (Phi) is 6.45. The number of unbranched alkanes of at least 4 members (excludes halogenated alkanes) is 4. The lowest BCUT2D eigenvalue weighted by molar-refractivity contribution is -0.143. The van der Waals surface area contributed by atoms with Gasteiger partial charge >= 0.3 is 5.97 Å². The van der Waals surface area contributed by atoms with Gasteiger partial charge in [-0.05, 0) is 19.3 Å². The van der Waals surface area contributed by atoms with Gasteiger partial charge in [-0.15, -0.1) is 0 Å². The van der Waals surface area contributed by atoms with Crippen molar-refractivity contribution >= 4 is 5.97 Å². The second-order valence-corrected chi connectivity index (χ2v) is 4.55. The Balaban J connectivity index is 1.73. The summed E-state index contributed by atoms with van der Waals surface area (Å²) in [5, 5.41) is 0. The van der Waals surface area contributed by atoms with E-state index in [2.05, 4.69) is 0 Å². The van der Waals surface area contributed by atoms with Crippen molar-refractivity contribution in [3.05, 3.63) is 0 Å². The Morgan fingerprint density at radius 2 is 1.80 bits per heavy atom. The van der Waals surface area contributed by atoms with Crippen molar-refractivity contribution in [2.75, 3.05) is 6.61 Å². The first-order valence-electron chi connectivity index (χ1n) is 6.48. The highest BCUT2D eigenvalue weighted by Crippen LogP contribution is 2.34. The van der Waals surface area contributed by atoms with Crippen LogP contribution in [0.4, 0.5) is 0 Å². The molecule has 0 bridgehead atoms. The number of carbonyl (C=O) groups is 1. The SMILES string of the molecule is CCOC(=O)CCCCCCCC1CC1. The fourth-order valence-electron chi connectivity index (χ4n) is 1.87. The van der Waals surface area contributed by atoms with Gasteiger partial charge in [-0.25, -0.2) is 0 Å². The van der Waals surface area contributed by atoms with Gasteiger partial charge in [0.25, 0.3) is 0 Å². The lowest BCUT2D eigenvalue weighted by Crippen LogP contribution is -2.03. The molecule has 0 spiro atoms. The molecule has 2 nitrogen and oxygen atoms in total. The molecule has 1 rings (SSSR count). The summed E-state index contributed by atoms with van der Waals surface area (Å²) >= 11 is 0. The van der Waals surface area contributed by atoms with Gasteiger partial charge in [0, 0.05) is 6.42 Å². The van der Waals surface area contributed by atoms with Gasteiger partial charge in [0.1, 0.15) is 0 Å². The molecule has 0 aromatic heterocycles. The summed E-state index contributed by atoms with van der Waals surface area (Å²) in [5.41, 5.74) is 0. The van der Waals surface area contributed by atoms with Crippen LogP contribution in [0.15, 0.2) is 0 Å². The minimum absolute atomic E-state index is 0.0320. The molecular formula is C13H24O2. The molecule has 0 aromatic carbocycles. The van der Waals surface area contributed by atoms with E-state index in [0.717, 1.165) is 12.3 Å². The minimum atomic E-state index is -0.0320. The van der Waals surface area contributed by atoms with Crippen molar-refractivity contribution in [3.63, 3.8) is 0 Å². The molecule has 0 N–H and O–H groups in total. The van der Waals surface area contributed by atoms with E-state index < -0.39 is 0 Å². The predicted octanol–water partition coefficient (Wildman–Crippen LogP) is 3.69. The average Bonchev–Trinajstić information content (AvgIpc) is 3.00. The third kappa shape index (κ3) is 7.40. The number of carbonyl (C=O) groups excluding carboxylic acids is 1. The highest BCUT2D eigenvalue weighted by Gasteiger charge is 2.19. The van der Waals surface area contributed by atoms with Crippen LogP contribution in [0.2, 0.25) is 0 Å². The maximum absolute atomic E-state index is 11.0. The topological polar surface area (TPSA) is 26.3 Å². The quantitative estimate of drug-likeness (QED) is 0.430. The van der Waals surface area contributed by atoms with Crippen molar-refractivity contribution in [3.8, 4) is 0 Å². The van der Waals surface area contributed by atoms with E-state index in [4.69, 9.17) is 4.74 Å². The van der Waals surface area contributed by atoms with E-state index in [-0.39, 0.29) is 5.97 Å². The maximum Gasteiger partial charge on any atom is 0.305 e. The van der Waals surface area contributed by atoms with E-state index >= 15 is 0 Å². The molecule has 1 saturated carbocycles. The fourth-order valence-corrected chi connectivity index (χ4v) is 1.87. The Morgan fingerprint density at radius 1 is 1.13 bits per heavy atom. The number of esters is 1. The Hall–Kier alpha value is -0.530. The lowest BCUT2D eigenvalue weighted by Gasteiger charge is -2.02. The van der Waals surface area contributed by atoms with Gasteiger partial charge in [0.05, 0.1) is 6.61 Å². The highest BCUT2D eigenvalue weighted by atomic mass is 16.5. The Bertz CT molecular complexity index is 173. The van der Waals surface area contributed by atoms with Gasteiger partial charge in [-0.1, -0.05) is 44.9 Å². The summed E-state index contributed by atoms with van der Waals surface area (Å²) < 4.78 is 4.87. The minimum Gasteiger partial charge on any atom is -0.466 e. The van der Waals surface area contributed by atoms with Crippen LogP contribution in [0.5, 0.6) is 0 Å². The summed E-state index contributed by atoms with van der Waals surface area (Å²) in [7, 11) is 0. The van der Waals surface area contributed by atoms with Crippen molar-refractivity contribution in [1.82, 2.24) is 0 Å². The molecule has 0 unspecified atom stereocenters. The largest absolute Gasteiger partial charge is 0.466 e. The van der Waals surface area contributed by atoms with Crippen molar-refractivity contribution in [2.45, 2.75) is 64.7 Å². The molecule has 1 fully saturated rings. The standard InChI is InChI=1S/C13H24O2/c1-2-15-13(14)9-7-5-3-4-6-8-12-10-11-12/h12H,2-11H2,1H3. The first-order chi connectivity index (χ1) is 7.33. The van der Waals surface area contributed by atoms with Gasteiger partial charge < -0.3 is 4.74 Å². The van der Waals surface area contributed by atoms with Gasteiger partial charge in [0.2, 0.25) is 0 Å². The van der Waals surface area contributed by atoms with E-state index in [1.54, 1.807) is 0 Å². The second-order valence-electron chi connectivity index (χ2n) is 4.55. The molecule has 88 valence electrons. The normalized spacial score (nSPS) is 15.3. The monoisotopic (exact) mass is 212 g/mol. The fraction of sp³-hybridized carbons (Fsp3) is 0.923. The first kappa shape index (κ1) is 12.5. The molecule has 1 aliphatic carbocycles. The van der Waals surface area contributed by atoms with Gasteiger partial charge in [-0.2, -0.15) is 0 Å². The zero-order valence-corrected chi connectivity index (χ0v) is 9.96. The van der Waals surface area contributed by atoms with E-state index in [9.17, 15) is 4.79 Å². The summed E-state index contributed by atoms with van der Waals surface area (Å²) in [5.74, 6) is 1.04. The molecule has 0 amide bonds. The zero-order chi connectivity index (χ0) is 10.9. The molecule has 0 aromatic rings. The summed E-state index contributed by atoms with van der Waals surface area (Å²) in [4.78, 5) is 11.0. The molecule has 0 aliphatic heterocycles. The number of rotatable bonds is 9.